The van der Waals surface area contributed by atoms with Crippen molar-refractivity contribution in [1.82, 2.24) is 25.3 Å². The van der Waals surface area contributed by atoms with Crippen LogP contribution in [0.1, 0.15) is 25.3 Å². The summed E-state index contributed by atoms with van der Waals surface area (Å²) in [5.74, 6) is 1.45. The highest BCUT2D eigenvalue weighted by atomic mass is 16.5. The molecule has 1 unspecified atom stereocenters. The van der Waals surface area contributed by atoms with Gasteiger partial charge in [0, 0.05) is 44.7 Å². The first-order chi connectivity index (χ1) is 12.2. The Balaban J connectivity index is 1.57. The van der Waals surface area contributed by atoms with Crippen molar-refractivity contribution in [3.05, 3.63) is 36.2 Å². The highest BCUT2D eigenvalue weighted by molar-refractivity contribution is 5.76. The Kier molecular flexibility index (Phi) is 5.78. The molecule has 1 amide bonds. The lowest BCUT2D eigenvalue weighted by Gasteiger charge is -2.36. The van der Waals surface area contributed by atoms with Gasteiger partial charge < -0.3 is 14.7 Å². The molecular weight excluding hydrogens is 318 g/mol. The summed E-state index contributed by atoms with van der Waals surface area (Å²) in [7, 11) is 1.86. The van der Waals surface area contributed by atoms with E-state index in [1.807, 2.05) is 42.3 Å². The van der Waals surface area contributed by atoms with E-state index < -0.39 is 0 Å². The third-order valence-corrected chi connectivity index (χ3v) is 4.63. The van der Waals surface area contributed by atoms with Gasteiger partial charge in [0.15, 0.2) is 0 Å². The van der Waals surface area contributed by atoms with Crippen molar-refractivity contribution in [2.75, 3.05) is 39.8 Å². The fourth-order valence-electron chi connectivity index (χ4n) is 3.01. The molecule has 1 aliphatic rings. The molecule has 0 radical (unpaired) electrons. The van der Waals surface area contributed by atoms with Gasteiger partial charge in [0.05, 0.1) is 6.04 Å². The number of rotatable bonds is 6. The van der Waals surface area contributed by atoms with E-state index in [-0.39, 0.29) is 11.9 Å². The maximum atomic E-state index is 12.1. The Morgan fingerprint density at radius 2 is 1.96 bits per heavy atom. The molecule has 3 rings (SSSR count). The minimum atomic E-state index is 0.0412. The van der Waals surface area contributed by atoms with Crippen molar-refractivity contribution < 1.29 is 9.32 Å². The fourth-order valence-corrected chi connectivity index (χ4v) is 3.01. The molecule has 0 saturated carbocycles. The minimum absolute atomic E-state index is 0.0412. The van der Waals surface area contributed by atoms with E-state index in [0.717, 1.165) is 38.3 Å². The number of carbonyl (C=O) groups is 1. The van der Waals surface area contributed by atoms with Crippen LogP contribution >= 0.6 is 0 Å². The molecule has 1 atom stereocenters. The lowest BCUT2D eigenvalue weighted by molar-refractivity contribution is -0.133. The first-order valence-corrected chi connectivity index (χ1v) is 8.74. The van der Waals surface area contributed by atoms with Crippen LogP contribution in [0.15, 0.2) is 34.9 Å². The van der Waals surface area contributed by atoms with E-state index in [4.69, 9.17) is 4.52 Å². The van der Waals surface area contributed by atoms with Crippen LogP contribution in [0.4, 0.5) is 0 Å². The average molecular weight is 343 g/mol. The average Bonchev–Trinajstić information content (AvgIpc) is 3.16. The Bertz CT molecular complexity index is 680. The highest BCUT2D eigenvalue weighted by Crippen LogP contribution is 2.23. The van der Waals surface area contributed by atoms with Gasteiger partial charge in [-0.15, -0.1) is 0 Å². The third kappa shape index (κ3) is 4.24. The van der Waals surface area contributed by atoms with Crippen molar-refractivity contribution in [1.29, 1.82) is 0 Å². The smallest absolute Gasteiger partial charge is 0.244 e. The van der Waals surface area contributed by atoms with Crippen LogP contribution in [-0.2, 0) is 4.79 Å². The number of amides is 1. The number of carbonyl (C=O) groups excluding carboxylic acids is 1. The topological polar surface area (TPSA) is 74.5 Å². The minimum Gasteiger partial charge on any atom is -0.340 e. The summed E-state index contributed by atoms with van der Waals surface area (Å²) >= 11 is 0. The van der Waals surface area contributed by atoms with Crippen molar-refractivity contribution in [3.8, 4) is 11.4 Å². The quantitative estimate of drug-likeness (QED) is 0.858. The van der Waals surface area contributed by atoms with Crippen molar-refractivity contribution >= 4 is 5.91 Å². The Labute approximate surface area is 148 Å². The molecule has 0 aliphatic carbocycles. The van der Waals surface area contributed by atoms with Gasteiger partial charge in [-0.1, -0.05) is 35.5 Å². The van der Waals surface area contributed by atoms with Crippen molar-refractivity contribution in [2.45, 2.75) is 19.4 Å². The van der Waals surface area contributed by atoms with Crippen molar-refractivity contribution in [2.24, 2.45) is 0 Å². The summed E-state index contributed by atoms with van der Waals surface area (Å²) in [5, 5.41) is 7.11. The zero-order valence-corrected chi connectivity index (χ0v) is 14.8. The van der Waals surface area contributed by atoms with Gasteiger partial charge in [-0.25, -0.2) is 0 Å². The summed E-state index contributed by atoms with van der Waals surface area (Å²) in [5.41, 5.74) is 0.949. The fraction of sp³-hybridized carbons (Fsp3) is 0.500. The van der Waals surface area contributed by atoms with E-state index in [9.17, 15) is 4.79 Å². The summed E-state index contributed by atoms with van der Waals surface area (Å²) in [6, 6.07) is 9.85. The molecule has 0 spiro atoms. The molecule has 134 valence electrons. The van der Waals surface area contributed by atoms with Gasteiger partial charge in [0.1, 0.15) is 0 Å². The van der Waals surface area contributed by atoms with Crippen LogP contribution in [0.2, 0.25) is 0 Å². The molecule has 1 aliphatic heterocycles. The van der Waals surface area contributed by atoms with E-state index in [2.05, 4.69) is 27.3 Å². The summed E-state index contributed by atoms with van der Waals surface area (Å²) in [6.07, 6.45) is 0.552. The van der Waals surface area contributed by atoms with Crippen LogP contribution < -0.4 is 5.32 Å². The number of hydrogen-bond donors (Lipinski definition) is 1. The standard InChI is InChI=1S/C18H25N5O2/c1-14(18-20-17(21-25-18)15-6-4-3-5-7-15)22-10-12-23(13-11-22)16(24)8-9-19-2/h3-7,14,19H,8-13H2,1-2H3. The van der Waals surface area contributed by atoms with Crippen LogP contribution in [0.5, 0.6) is 0 Å². The zero-order chi connectivity index (χ0) is 17.6. The van der Waals surface area contributed by atoms with Gasteiger partial charge in [0.25, 0.3) is 0 Å². The molecular formula is C18H25N5O2. The van der Waals surface area contributed by atoms with E-state index in [0.29, 0.717) is 18.1 Å². The summed E-state index contributed by atoms with van der Waals surface area (Å²) in [6.45, 7) is 5.91. The largest absolute Gasteiger partial charge is 0.340 e. The number of nitrogens with zero attached hydrogens (tertiary/aromatic N) is 4. The van der Waals surface area contributed by atoms with Gasteiger partial charge in [-0.3, -0.25) is 9.69 Å². The predicted molar refractivity (Wildman–Crippen MR) is 94.8 cm³/mol. The van der Waals surface area contributed by atoms with Gasteiger partial charge >= 0.3 is 0 Å². The lowest BCUT2D eigenvalue weighted by Crippen LogP contribution is -2.49. The second-order valence-electron chi connectivity index (χ2n) is 6.27. The molecule has 0 bridgehead atoms. The highest BCUT2D eigenvalue weighted by Gasteiger charge is 2.27. The normalized spacial score (nSPS) is 16.8. The van der Waals surface area contributed by atoms with Gasteiger partial charge in [-0.2, -0.15) is 4.98 Å². The maximum Gasteiger partial charge on any atom is 0.244 e. The summed E-state index contributed by atoms with van der Waals surface area (Å²) in [4.78, 5) is 20.8. The number of aromatic nitrogens is 2. The Hall–Kier alpha value is -2.25. The molecule has 1 N–H and O–H groups in total. The molecule has 25 heavy (non-hydrogen) atoms. The molecule has 1 fully saturated rings. The molecule has 1 aromatic carbocycles. The van der Waals surface area contributed by atoms with Crippen LogP contribution in [0.3, 0.4) is 0 Å². The second kappa shape index (κ2) is 8.22. The Morgan fingerprint density at radius 3 is 2.64 bits per heavy atom. The molecule has 7 nitrogen and oxygen atoms in total. The van der Waals surface area contributed by atoms with Gasteiger partial charge in [0.2, 0.25) is 17.6 Å². The lowest BCUT2D eigenvalue weighted by atomic mass is 10.2. The van der Waals surface area contributed by atoms with Crippen molar-refractivity contribution in [3.63, 3.8) is 0 Å². The zero-order valence-electron chi connectivity index (χ0n) is 14.8. The number of nitrogens with one attached hydrogen (secondary N) is 1. The van der Waals surface area contributed by atoms with E-state index in [1.54, 1.807) is 0 Å². The predicted octanol–water partition coefficient (Wildman–Crippen LogP) is 1.55. The molecule has 7 heteroatoms. The van der Waals surface area contributed by atoms with E-state index in [1.165, 1.54) is 0 Å². The first-order valence-electron chi connectivity index (χ1n) is 8.74. The second-order valence-corrected chi connectivity index (χ2v) is 6.27. The molecule has 2 aromatic rings. The maximum absolute atomic E-state index is 12.1. The van der Waals surface area contributed by atoms with Crippen LogP contribution in [0.25, 0.3) is 11.4 Å². The summed E-state index contributed by atoms with van der Waals surface area (Å²) < 4.78 is 5.47. The van der Waals surface area contributed by atoms with Crippen LogP contribution in [-0.4, -0.2) is 65.6 Å². The third-order valence-electron chi connectivity index (χ3n) is 4.63. The molecule has 2 heterocycles. The molecule has 1 saturated heterocycles. The number of hydrogen-bond acceptors (Lipinski definition) is 6. The Morgan fingerprint density at radius 1 is 1.24 bits per heavy atom. The number of piperazine rings is 1. The van der Waals surface area contributed by atoms with Gasteiger partial charge in [-0.05, 0) is 14.0 Å². The molecule has 1 aromatic heterocycles. The first kappa shape index (κ1) is 17.6. The van der Waals surface area contributed by atoms with Crippen LogP contribution in [0, 0.1) is 0 Å². The number of benzene rings is 1. The SMILES string of the molecule is CNCCC(=O)N1CCN(C(C)c2nc(-c3ccccc3)no2)CC1. The monoisotopic (exact) mass is 343 g/mol. The van der Waals surface area contributed by atoms with E-state index >= 15 is 0 Å².